The molecule has 0 bridgehead atoms. The third-order valence-corrected chi connectivity index (χ3v) is 6.64. The van der Waals surface area contributed by atoms with E-state index in [0.29, 0.717) is 54.0 Å². The number of hydrogen-bond acceptors (Lipinski definition) is 5. The van der Waals surface area contributed by atoms with Crippen LogP contribution in [-0.2, 0) is 0 Å². The molecule has 1 aliphatic carbocycles. The van der Waals surface area contributed by atoms with E-state index >= 15 is 0 Å². The summed E-state index contributed by atoms with van der Waals surface area (Å²) in [4.78, 5) is 6.29. The lowest BCUT2D eigenvalue weighted by molar-refractivity contribution is -0.183. The summed E-state index contributed by atoms with van der Waals surface area (Å²) >= 11 is 0. The van der Waals surface area contributed by atoms with E-state index in [-0.39, 0.29) is 5.56 Å². The topological polar surface area (TPSA) is 55.6 Å². The van der Waals surface area contributed by atoms with Crippen molar-refractivity contribution in [3.05, 3.63) is 54.2 Å². The Bertz CT molecular complexity index is 1340. The van der Waals surface area contributed by atoms with Gasteiger partial charge in [0, 0.05) is 11.6 Å². The Hall–Kier alpha value is -3.20. The molecule has 3 aromatic heterocycles. The highest BCUT2D eigenvalue weighted by atomic mass is 19.4. The molecule has 176 valence electrons. The molecule has 2 aliphatic rings. The van der Waals surface area contributed by atoms with E-state index < -0.39 is 12.2 Å². The number of nitrogens with zero attached hydrogens (tertiary/aromatic N) is 5. The third-order valence-electron chi connectivity index (χ3n) is 6.64. The zero-order valence-electron chi connectivity index (χ0n) is 18.5. The second-order valence-corrected chi connectivity index (χ2v) is 9.18. The maximum atomic E-state index is 14.1. The first-order valence-corrected chi connectivity index (χ1v) is 11.7. The van der Waals surface area contributed by atoms with Crippen LogP contribution >= 0.6 is 0 Å². The number of aromatic nitrogens is 4. The van der Waals surface area contributed by atoms with Crippen molar-refractivity contribution in [2.24, 2.45) is 5.92 Å². The highest BCUT2D eigenvalue weighted by Crippen LogP contribution is 2.40. The zero-order valence-corrected chi connectivity index (χ0v) is 18.5. The molecule has 9 heteroatoms. The smallest absolute Gasteiger partial charge is 0.408 e. The van der Waals surface area contributed by atoms with Crippen molar-refractivity contribution >= 4 is 16.6 Å². The summed E-state index contributed by atoms with van der Waals surface area (Å²) < 4.78 is 49.8. The first-order valence-electron chi connectivity index (χ1n) is 11.7. The SMILES string of the molecule is FC(F)(F)[C@H](c1ccc2nnc(-c3ccc4cccc(OCC5CC5)c4n3)n2c1)N1CCCC1. The molecule has 6 nitrogen and oxygen atoms in total. The maximum Gasteiger partial charge on any atom is 0.408 e. The molecule has 0 unspecified atom stereocenters. The van der Waals surface area contributed by atoms with Gasteiger partial charge >= 0.3 is 6.18 Å². The van der Waals surface area contributed by atoms with Gasteiger partial charge in [-0.25, -0.2) is 4.98 Å². The first-order chi connectivity index (χ1) is 16.5. The van der Waals surface area contributed by atoms with Gasteiger partial charge in [0.1, 0.15) is 23.0 Å². The summed E-state index contributed by atoms with van der Waals surface area (Å²) in [6, 6.07) is 11.0. The number of pyridine rings is 2. The van der Waals surface area contributed by atoms with Gasteiger partial charge in [0.2, 0.25) is 0 Å². The minimum Gasteiger partial charge on any atom is -0.491 e. The van der Waals surface area contributed by atoms with Crippen molar-refractivity contribution in [3.63, 3.8) is 0 Å². The van der Waals surface area contributed by atoms with Crippen molar-refractivity contribution in [2.45, 2.75) is 37.9 Å². The monoisotopic (exact) mass is 467 g/mol. The summed E-state index contributed by atoms with van der Waals surface area (Å²) in [6.45, 7) is 1.54. The van der Waals surface area contributed by atoms with Crippen molar-refractivity contribution in [1.82, 2.24) is 24.5 Å². The number of rotatable bonds is 6. The second-order valence-electron chi connectivity index (χ2n) is 9.18. The van der Waals surface area contributed by atoms with Gasteiger partial charge in [-0.05, 0) is 68.5 Å². The summed E-state index contributed by atoms with van der Waals surface area (Å²) in [7, 11) is 0. The summed E-state index contributed by atoms with van der Waals surface area (Å²) in [5.74, 6) is 1.71. The van der Waals surface area contributed by atoms with Crippen molar-refractivity contribution in [2.75, 3.05) is 19.7 Å². The minimum atomic E-state index is -4.37. The lowest BCUT2D eigenvalue weighted by atomic mass is 10.1. The zero-order chi connectivity index (χ0) is 23.3. The molecule has 1 aliphatic heterocycles. The quantitative estimate of drug-likeness (QED) is 0.378. The van der Waals surface area contributed by atoms with Crippen LogP contribution in [0.5, 0.6) is 5.75 Å². The fourth-order valence-electron chi connectivity index (χ4n) is 4.70. The van der Waals surface area contributed by atoms with E-state index in [4.69, 9.17) is 9.72 Å². The summed E-state index contributed by atoms with van der Waals surface area (Å²) in [5.41, 5.74) is 1.89. The fourth-order valence-corrected chi connectivity index (χ4v) is 4.70. The average Bonchev–Trinajstić information content (AvgIpc) is 3.32. The number of fused-ring (bicyclic) bond motifs is 2. The number of ether oxygens (including phenoxy) is 1. The summed E-state index contributed by atoms with van der Waals surface area (Å²) in [5, 5.41) is 9.36. The van der Waals surface area contributed by atoms with Crippen molar-refractivity contribution in [1.29, 1.82) is 0 Å². The van der Waals surface area contributed by atoms with E-state index in [0.717, 1.165) is 18.2 Å². The molecule has 0 spiro atoms. The molecule has 2 fully saturated rings. The van der Waals surface area contributed by atoms with Crippen LogP contribution in [0.4, 0.5) is 13.2 Å². The molecule has 0 N–H and O–H groups in total. The Kier molecular flexibility index (Phi) is 5.17. The Labute approximate surface area is 194 Å². The standard InChI is InChI=1S/C25H24F3N5O/c26-25(27,28)23(32-12-1-2-13-32)18-9-11-21-30-31-24(33(21)14-18)19-10-8-17-4-3-5-20(22(17)29-19)34-15-16-6-7-16/h3-5,8-11,14,16,23H,1-2,6-7,12-13,15H2/t23-/m0/s1. The highest BCUT2D eigenvalue weighted by molar-refractivity contribution is 5.86. The number of alkyl halides is 3. The van der Waals surface area contributed by atoms with Gasteiger partial charge < -0.3 is 4.74 Å². The van der Waals surface area contributed by atoms with Gasteiger partial charge in [-0.1, -0.05) is 24.3 Å². The Morgan fingerprint density at radius 2 is 1.82 bits per heavy atom. The molecule has 0 radical (unpaired) electrons. The second kappa shape index (κ2) is 8.23. The van der Waals surface area contributed by atoms with E-state index in [1.807, 2.05) is 30.3 Å². The lowest BCUT2D eigenvalue weighted by Gasteiger charge is -2.29. The fraction of sp³-hybridized carbons (Fsp3) is 0.400. The van der Waals surface area contributed by atoms with Gasteiger partial charge in [-0.15, -0.1) is 10.2 Å². The third kappa shape index (κ3) is 3.98. The van der Waals surface area contributed by atoms with Crippen LogP contribution in [0.15, 0.2) is 48.7 Å². The molecule has 0 amide bonds. The predicted octanol–water partition coefficient (Wildman–Crippen LogP) is 5.43. The molecule has 1 saturated carbocycles. The van der Waals surface area contributed by atoms with Crippen LogP contribution in [0, 0.1) is 5.92 Å². The van der Waals surface area contributed by atoms with Gasteiger partial charge in [0.25, 0.3) is 0 Å². The lowest BCUT2D eigenvalue weighted by Crippen LogP contribution is -2.36. The Morgan fingerprint density at radius 3 is 2.59 bits per heavy atom. The number of benzene rings is 1. The van der Waals surface area contributed by atoms with Crippen LogP contribution in [-0.4, -0.2) is 50.4 Å². The van der Waals surface area contributed by atoms with Crippen LogP contribution in [0.1, 0.15) is 37.3 Å². The predicted molar refractivity (Wildman–Crippen MR) is 122 cm³/mol. The molecular formula is C25H24F3N5O. The van der Waals surface area contributed by atoms with Crippen LogP contribution in [0.2, 0.25) is 0 Å². The normalized spacial score (nSPS) is 18.1. The number of hydrogen-bond donors (Lipinski definition) is 0. The Balaban J connectivity index is 1.41. The number of para-hydroxylation sites is 1. The minimum absolute atomic E-state index is 0.178. The molecule has 4 aromatic rings. The summed E-state index contributed by atoms with van der Waals surface area (Å²) in [6.07, 6.45) is 1.06. The van der Waals surface area contributed by atoms with Crippen molar-refractivity contribution < 1.29 is 17.9 Å². The number of halogens is 3. The molecule has 4 heterocycles. The van der Waals surface area contributed by atoms with Gasteiger partial charge in [-0.2, -0.15) is 13.2 Å². The highest BCUT2D eigenvalue weighted by Gasteiger charge is 2.45. The average molecular weight is 467 g/mol. The molecule has 1 saturated heterocycles. The van der Waals surface area contributed by atoms with Gasteiger partial charge in [0.15, 0.2) is 11.5 Å². The van der Waals surface area contributed by atoms with Crippen LogP contribution < -0.4 is 4.74 Å². The van der Waals surface area contributed by atoms with E-state index in [9.17, 15) is 13.2 Å². The largest absolute Gasteiger partial charge is 0.491 e. The molecule has 34 heavy (non-hydrogen) atoms. The van der Waals surface area contributed by atoms with Crippen molar-refractivity contribution in [3.8, 4) is 17.3 Å². The maximum absolute atomic E-state index is 14.1. The molecule has 6 rings (SSSR count). The van der Waals surface area contributed by atoms with E-state index in [1.165, 1.54) is 30.0 Å². The Morgan fingerprint density at radius 1 is 1.00 bits per heavy atom. The van der Waals surface area contributed by atoms with E-state index in [2.05, 4.69) is 10.2 Å². The molecule has 1 atom stereocenters. The first kappa shape index (κ1) is 21.3. The van der Waals surface area contributed by atoms with Gasteiger partial charge in [0.05, 0.1) is 6.61 Å². The molecule has 1 aromatic carbocycles. The van der Waals surface area contributed by atoms with Crippen LogP contribution in [0.3, 0.4) is 0 Å². The van der Waals surface area contributed by atoms with E-state index in [1.54, 1.807) is 10.5 Å². The van der Waals surface area contributed by atoms with Crippen LogP contribution in [0.25, 0.3) is 28.1 Å². The molecular weight excluding hydrogens is 443 g/mol. The van der Waals surface area contributed by atoms with Gasteiger partial charge in [-0.3, -0.25) is 9.30 Å². The number of likely N-dealkylation sites (tertiary alicyclic amines) is 1.